The van der Waals surface area contributed by atoms with Crippen LogP contribution in [-0.2, 0) is 6.54 Å². The predicted octanol–water partition coefficient (Wildman–Crippen LogP) is 3.29. The van der Waals surface area contributed by atoms with Gasteiger partial charge in [-0.3, -0.25) is 0 Å². The second kappa shape index (κ2) is 5.74. The quantitative estimate of drug-likeness (QED) is 0.863. The molecule has 0 unspecified atom stereocenters. The Labute approximate surface area is 103 Å². The Hall–Kier alpha value is -0.470. The molecule has 16 heavy (non-hydrogen) atoms. The van der Waals surface area contributed by atoms with Crippen molar-refractivity contribution in [3.05, 3.63) is 34.9 Å². The van der Waals surface area contributed by atoms with Gasteiger partial charge in [-0.1, -0.05) is 18.2 Å². The van der Waals surface area contributed by atoms with E-state index in [-0.39, 0.29) is 0 Å². The minimum Gasteiger partial charge on any atom is -0.310 e. The molecule has 1 fully saturated rings. The highest BCUT2D eigenvalue weighted by atomic mass is 32.2. The number of hydrogen-bond donors (Lipinski definition) is 1. The molecule has 1 aliphatic rings. The Morgan fingerprint density at radius 2 is 2.00 bits per heavy atom. The molecular formula is C14H21NS. The maximum absolute atomic E-state index is 3.69. The standard InChI is InChI=1S/C14H21NS/c1-11-4-3-5-13(12(11)2)10-15-14-6-8-16-9-7-14/h3-5,14-15H,6-10H2,1-2H3. The first-order valence-corrected chi connectivity index (χ1v) is 7.29. The molecule has 1 aromatic carbocycles. The summed E-state index contributed by atoms with van der Waals surface area (Å²) < 4.78 is 0. The van der Waals surface area contributed by atoms with Crippen LogP contribution in [0.5, 0.6) is 0 Å². The topological polar surface area (TPSA) is 12.0 Å². The van der Waals surface area contributed by atoms with Crippen LogP contribution in [-0.4, -0.2) is 17.5 Å². The molecule has 0 aromatic heterocycles. The molecule has 1 aromatic rings. The average Bonchev–Trinajstić information content (AvgIpc) is 2.32. The van der Waals surface area contributed by atoms with Crippen LogP contribution in [0.25, 0.3) is 0 Å². The van der Waals surface area contributed by atoms with Crippen LogP contribution in [0.1, 0.15) is 29.5 Å². The van der Waals surface area contributed by atoms with Crippen LogP contribution < -0.4 is 5.32 Å². The molecule has 1 nitrogen and oxygen atoms in total. The van der Waals surface area contributed by atoms with E-state index in [1.807, 2.05) is 0 Å². The molecule has 0 saturated carbocycles. The molecule has 1 heterocycles. The van der Waals surface area contributed by atoms with Gasteiger partial charge in [0, 0.05) is 12.6 Å². The summed E-state index contributed by atoms with van der Waals surface area (Å²) in [5, 5.41) is 3.69. The number of benzene rings is 1. The van der Waals surface area contributed by atoms with Gasteiger partial charge in [0.25, 0.3) is 0 Å². The molecule has 1 saturated heterocycles. The molecule has 2 heteroatoms. The number of thioether (sulfide) groups is 1. The fourth-order valence-electron chi connectivity index (χ4n) is 2.16. The summed E-state index contributed by atoms with van der Waals surface area (Å²) in [6, 6.07) is 7.33. The summed E-state index contributed by atoms with van der Waals surface area (Å²) in [4.78, 5) is 0. The van der Waals surface area contributed by atoms with E-state index in [4.69, 9.17) is 0 Å². The third-order valence-electron chi connectivity index (χ3n) is 3.52. The molecule has 0 spiro atoms. The van der Waals surface area contributed by atoms with E-state index in [1.165, 1.54) is 41.0 Å². The number of aryl methyl sites for hydroxylation is 1. The van der Waals surface area contributed by atoms with Crippen molar-refractivity contribution >= 4 is 11.8 Å². The summed E-state index contributed by atoms with van der Waals surface area (Å²) in [5.41, 5.74) is 4.30. The van der Waals surface area contributed by atoms with Gasteiger partial charge in [0.2, 0.25) is 0 Å². The van der Waals surface area contributed by atoms with Gasteiger partial charge in [-0.25, -0.2) is 0 Å². The minimum absolute atomic E-state index is 0.737. The molecule has 1 aliphatic heterocycles. The van der Waals surface area contributed by atoms with E-state index in [2.05, 4.69) is 49.1 Å². The van der Waals surface area contributed by atoms with Gasteiger partial charge in [0.05, 0.1) is 0 Å². The molecule has 0 amide bonds. The fraction of sp³-hybridized carbons (Fsp3) is 0.571. The van der Waals surface area contributed by atoms with Crippen LogP contribution in [0, 0.1) is 13.8 Å². The third kappa shape index (κ3) is 3.02. The Bertz CT molecular complexity index is 343. The minimum atomic E-state index is 0.737. The van der Waals surface area contributed by atoms with Crippen molar-refractivity contribution < 1.29 is 0 Å². The maximum Gasteiger partial charge on any atom is 0.0210 e. The van der Waals surface area contributed by atoms with Gasteiger partial charge in [-0.15, -0.1) is 0 Å². The summed E-state index contributed by atoms with van der Waals surface area (Å²) in [7, 11) is 0. The van der Waals surface area contributed by atoms with Crippen molar-refractivity contribution in [2.45, 2.75) is 39.3 Å². The molecule has 0 aliphatic carbocycles. The van der Waals surface area contributed by atoms with Crippen LogP contribution in [0.15, 0.2) is 18.2 Å². The van der Waals surface area contributed by atoms with Crippen LogP contribution in [0.2, 0.25) is 0 Å². The molecule has 0 bridgehead atoms. The lowest BCUT2D eigenvalue weighted by Gasteiger charge is -2.23. The normalized spacial score (nSPS) is 17.6. The Morgan fingerprint density at radius 3 is 2.75 bits per heavy atom. The van der Waals surface area contributed by atoms with Crippen molar-refractivity contribution in [1.82, 2.24) is 5.32 Å². The predicted molar refractivity (Wildman–Crippen MR) is 73.1 cm³/mol. The van der Waals surface area contributed by atoms with Crippen LogP contribution in [0.3, 0.4) is 0 Å². The van der Waals surface area contributed by atoms with Gasteiger partial charge < -0.3 is 5.32 Å². The summed E-state index contributed by atoms with van der Waals surface area (Å²) in [6.07, 6.45) is 2.66. The molecule has 1 N–H and O–H groups in total. The van der Waals surface area contributed by atoms with E-state index < -0.39 is 0 Å². The van der Waals surface area contributed by atoms with E-state index in [0.717, 1.165) is 12.6 Å². The molecule has 0 radical (unpaired) electrons. The van der Waals surface area contributed by atoms with E-state index in [1.54, 1.807) is 0 Å². The summed E-state index contributed by atoms with van der Waals surface area (Å²) in [6.45, 7) is 5.45. The molecule has 88 valence electrons. The van der Waals surface area contributed by atoms with Crippen LogP contribution >= 0.6 is 11.8 Å². The summed E-state index contributed by atoms with van der Waals surface area (Å²) >= 11 is 2.09. The van der Waals surface area contributed by atoms with Crippen molar-refractivity contribution in [1.29, 1.82) is 0 Å². The van der Waals surface area contributed by atoms with E-state index in [0.29, 0.717) is 0 Å². The van der Waals surface area contributed by atoms with Crippen molar-refractivity contribution in [3.63, 3.8) is 0 Å². The number of nitrogens with one attached hydrogen (secondary N) is 1. The highest BCUT2D eigenvalue weighted by Gasteiger charge is 2.13. The Balaban J connectivity index is 1.91. The van der Waals surface area contributed by atoms with Gasteiger partial charge in [-0.2, -0.15) is 11.8 Å². The van der Waals surface area contributed by atoms with Gasteiger partial charge in [0.15, 0.2) is 0 Å². The second-order valence-electron chi connectivity index (χ2n) is 4.63. The number of rotatable bonds is 3. The maximum atomic E-state index is 3.69. The zero-order valence-corrected chi connectivity index (χ0v) is 11.1. The monoisotopic (exact) mass is 235 g/mol. The number of hydrogen-bond acceptors (Lipinski definition) is 2. The average molecular weight is 235 g/mol. The fourth-order valence-corrected chi connectivity index (χ4v) is 3.27. The first-order valence-electron chi connectivity index (χ1n) is 6.13. The van der Waals surface area contributed by atoms with E-state index >= 15 is 0 Å². The zero-order chi connectivity index (χ0) is 11.4. The van der Waals surface area contributed by atoms with Crippen LogP contribution in [0.4, 0.5) is 0 Å². The lowest BCUT2D eigenvalue weighted by Crippen LogP contribution is -2.32. The third-order valence-corrected chi connectivity index (χ3v) is 4.57. The lowest BCUT2D eigenvalue weighted by atomic mass is 10.0. The smallest absolute Gasteiger partial charge is 0.0210 e. The largest absolute Gasteiger partial charge is 0.310 e. The Morgan fingerprint density at radius 1 is 1.25 bits per heavy atom. The first-order chi connectivity index (χ1) is 7.77. The molecule has 0 atom stereocenters. The van der Waals surface area contributed by atoms with Gasteiger partial charge in [0.1, 0.15) is 0 Å². The Kier molecular flexibility index (Phi) is 4.30. The first kappa shape index (κ1) is 12.0. The van der Waals surface area contributed by atoms with Gasteiger partial charge >= 0.3 is 0 Å². The SMILES string of the molecule is Cc1cccc(CNC2CCSCC2)c1C. The van der Waals surface area contributed by atoms with Crippen molar-refractivity contribution in [2.75, 3.05) is 11.5 Å². The van der Waals surface area contributed by atoms with Gasteiger partial charge in [-0.05, 0) is 54.9 Å². The molecular weight excluding hydrogens is 214 g/mol. The lowest BCUT2D eigenvalue weighted by molar-refractivity contribution is 0.481. The highest BCUT2D eigenvalue weighted by Crippen LogP contribution is 2.18. The zero-order valence-electron chi connectivity index (χ0n) is 10.3. The summed E-state index contributed by atoms with van der Waals surface area (Å²) in [5.74, 6) is 2.65. The van der Waals surface area contributed by atoms with E-state index in [9.17, 15) is 0 Å². The highest BCUT2D eigenvalue weighted by molar-refractivity contribution is 7.99. The second-order valence-corrected chi connectivity index (χ2v) is 5.85. The van der Waals surface area contributed by atoms with Crippen molar-refractivity contribution in [2.24, 2.45) is 0 Å². The van der Waals surface area contributed by atoms with Crippen molar-refractivity contribution in [3.8, 4) is 0 Å². The molecule has 2 rings (SSSR count).